The van der Waals surface area contributed by atoms with Gasteiger partial charge in [0.05, 0.1) is 6.17 Å². The summed E-state index contributed by atoms with van der Waals surface area (Å²) < 4.78 is 2.35. The number of rotatable bonds is 4. The molecule has 0 aliphatic rings. The van der Waals surface area contributed by atoms with Gasteiger partial charge in [0.25, 0.3) is 0 Å². The quantitative estimate of drug-likeness (QED) is 0.759. The maximum Gasteiger partial charge on any atom is 0.0835 e. The summed E-state index contributed by atoms with van der Waals surface area (Å²) in [7, 11) is 0. The third-order valence-electron chi connectivity index (χ3n) is 3.37. The van der Waals surface area contributed by atoms with Crippen LogP contribution in [0.5, 0.6) is 0 Å². The molecule has 16 heavy (non-hydrogen) atoms. The Kier molecular flexibility index (Phi) is 3.30. The first-order valence-electron chi connectivity index (χ1n) is 6.07. The fourth-order valence-electron chi connectivity index (χ4n) is 2.36. The van der Waals surface area contributed by atoms with E-state index in [-0.39, 0.29) is 0 Å². The molecule has 0 fully saturated rings. The van der Waals surface area contributed by atoms with E-state index in [4.69, 9.17) is 0 Å². The van der Waals surface area contributed by atoms with Crippen LogP contribution in [-0.2, 0) is 0 Å². The monoisotopic (exact) mass is 216 g/mol. The van der Waals surface area contributed by atoms with Gasteiger partial charge in [-0.05, 0) is 37.5 Å². The second-order valence-electron chi connectivity index (χ2n) is 4.13. The summed E-state index contributed by atoms with van der Waals surface area (Å²) in [5.74, 6) is 0. The van der Waals surface area contributed by atoms with Crippen LogP contribution >= 0.6 is 0 Å². The van der Waals surface area contributed by atoms with Crippen LogP contribution < -0.4 is 0 Å². The van der Waals surface area contributed by atoms with Crippen molar-refractivity contribution in [2.75, 3.05) is 13.1 Å². The Bertz CT molecular complexity index is 454. The predicted molar refractivity (Wildman–Crippen MR) is 69.6 cm³/mol. The first kappa shape index (κ1) is 11.2. The highest BCUT2D eigenvalue weighted by atomic mass is 15.3. The average molecular weight is 216 g/mol. The van der Waals surface area contributed by atoms with Gasteiger partial charge in [0.1, 0.15) is 0 Å². The largest absolute Gasteiger partial charge is 0.332 e. The molecule has 0 aliphatic carbocycles. The van der Waals surface area contributed by atoms with Crippen molar-refractivity contribution in [3.63, 3.8) is 0 Å². The lowest BCUT2D eigenvalue weighted by Crippen LogP contribution is -2.30. The Morgan fingerprint density at radius 2 is 1.81 bits per heavy atom. The van der Waals surface area contributed by atoms with Crippen LogP contribution in [0, 0.1) is 0 Å². The highest BCUT2D eigenvalue weighted by molar-refractivity contribution is 5.80. The zero-order valence-corrected chi connectivity index (χ0v) is 10.4. The van der Waals surface area contributed by atoms with E-state index in [1.165, 1.54) is 10.9 Å². The lowest BCUT2D eigenvalue weighted by molar-refractivity contribution is 0.176. The Balaban J connectivity index is 2.39. The van der Waals surface area contributed by atoms with Crippen LogP contribution in [0.2, 0.25) is 0 Å². The lowest BCUT2D eigenvalue weighted by atomic mass is 10.2. The van der Waals surface area contributed by atoms with Crippen LogP contribution in [-0.4, -0.2) is 22.6 Å². The van der Waals surface area contributed by atoms with Crippen molar-refractivity contribution in [2.24, 2.45) is 0 Å². The summed E-state index contributed by atoms with van der Waals surface area (Å²) in [5, 5.41) is 1.32. The zero-order chi connectivity index (χ0) is 11.5. The second kappa shape index (κ2) is 4.71. The summed E-state index contributed by atoms with van der Waals surface area (Å²) >= 11 is 0. The Morgan fingerprint density at radius 3 is 2.50 bits per heavy atom. The van der Waals surface area contributed by atoms with Crippen molar-refractivity contribution >= 4 is 10.9 Å². The maximum absolute atomic E-state index is 2.45. The average Bonchev–Trinajstić information content (AvgIpc) is 2.74. The summed E-state index contributed by atoms with van der Waals surface area (Å²) in [6, 6.07) is 10.7. The number of nitrogens with zero attached hydrogens (tertiary/aromatic N) is 2. The van der Waals surface area contributed by atoms with Gasteiger partial charge >= 0.3 is 0 Å². The maximum atomic E-state index is 2.45. The number of para-hydroxylation sites is 1. The molecule has 86 valence electrons. The van der Waals surface area contributed by atoms with Gasteiger partial charge in [-0.15, -0.1) is 0 Å². The molecule has 0 radical (unpaired) electrons. The molecule has 0 aliphatic heterocycles. The SMILES string of the molecule is CCN(CC)C(C)n1ccc2ccccc21. The van der Waals surface area contributed by atoms with Gasteiger partial charge in [-0.25, -0.2) is 0 Å². The van der Waals surface area contributed by atoms with Gasteiger partial charge in [0, 0.05) is 11.7 Å². The van der Waals surface area contributed by atoms with Crippen molar-refractivity contribution in [1.29, 1.82) is 0 Å². The first-order valence-corrected chi connectivity index (χ1v) is 6.07. The van der Waals surface area contributed by atoms with E-state index in [1.807, 2.05) is 0 Å². The van der Waals surface area contributed by atoms with E-state index in [0.717, 1.165) is 13.1 Å². The molecule has 1 unspecified atom stereocenters. The fourth-order valence-corrected chi connectivity index (χ4v) is 2.36. The molecule has 2 heteroatoms. The molecule has 1 heterocycles. The highest BCUT2D eigenvalue weighted by Crippen LogP contribution is 2.21. The van der Waals surface area contributed by atoms with E-state index < -0.39 is 0 Å². The van der Waals surface area contributed by atoms with Gasteiger partial charge in [-0.1, -0.05) is 32.0 Å². The molecule has 0 spiro atoms. The third-order valence-corrected chi connectivity index (χ3v) is 3.37. The molecule has 0 saturated heterocycles. The molecule has 1 atom stereocenters. The summed E-state index contributed by atoms with van der Waals surface area (Å²) in [6.45, 7) is 8.87. The minimum absolute atomic E-state index is 0.426. The molecule has 0 N–H and O–H groups in total. The van der Waals surface area contributed by atoms with Gasteiger partial charge in [-0.3, -0.25) is 4.90 Å². The zero-order valence-electron chi connectivity index (χ0n) is 10.4. The standard InChI is InChI=1S/C14H20N2/c1-4-15(5-2)12(3)16-11-10-13-8-6-7-9-14(13)16/h6-12H,4-5H2,1-3H3. The molecule has 2 aromatic rings. The van der Waals surface area contributed by atoms with Crippen molar-refractivity contribution in [3.05, 3.63) is 36.5 Å². The number of aromatic nitrogens is 1. The summed E-state index contributed by atoms with van der Waals surface area (Å²) in [4.78, 5) is 2.45. The highest BCUT2D eigenvalue weighted by Gasteiger charge is 2.12. The molecule has 0 bridgehead atoms. The van der Waals surface area contributed by atoms with Crippen LogP contribution in [0.15, 0.2) is 36.5 Å². The van der Waals surface area contributed by atoms with Crippen LogP contribution in [0.1, 0.15) is 26.9 Å². The van der Waals surface area contributed by atoms with Gasteiger partial charge in [0.2, 0.25) is 0 Å². The molecular formula is C14H20N2. The van der Waals surface area contributed by atoms with Gasteiger partial charge in [-0.2, -0.15) is 0 Å². The lowest BCUT2D eigenvalue weighted by Gasteiger charge is -2.28. The van der Waals surface area contributed by atoms with E-state index in [2.05, 4.69) is 66.8 Å². The minimum Gasteiger partial charge on any atom is -0.332 e. The smallest absolute Gasteiger partial charge is 0.0835 e. The van der Waals surface area contributed by atoms with Gasteiger partial charge in [0.15, 0.2) is 0 Å². The molecule has 1 aromatic carbocycles. The van der Waals surface area contributed by atoms with E-state index in [0.29, 0.717) is 6.17 Å². The number of fused-ring (bicyclic) bond motifs is 1. The van der Waals surface area contributed by atoms with Crippen LogP contribution in [0.3, 0.4) is 0 Å². The van der Waals surface area contributed by atoms with Crippen molar-refractivity contribution in [3.8, 4) is 0 Å². The number of hydrogen-bond donors (Lipinski definition) is 0. The molecule has 0 saturated carbocycles. The Labute approximate surface area is 97.5 Å². The molecule has 0 amide bonds. The van der Waals surface area contributed by atoms with E-state index in [1.54, 1.807) is 0 Å². The van der Waals surface area contributed by atoms with Crippen molar-refractivity contribution in [2.45, 2.75) is 26.9 Å². The summed E-state index contributed by atoms with van der Waals surface area (Å²) in [5.41, 5.74) is 1.32. The summed E-state index contributed by atoms with van der Waals surface area (Å²) in [6.07, 6.45) is 2.61. The Hall–Kier alpha value is -1.28. The fraction of sp³-hybridized carbons (Fsp3) is 0.429. The topological polar surface area (TPSA) is 8.17 Å². The third kappa shape index (κ3) is 1.85. The molecule has 2 rings (SSSR count). The number of hydrogen-bond acceptors (Lipinski definition) is 1. The predicted octanol–water partition coefficient (Wildman–Crippen LogP) is 3.50. The molecule has 1 aromatic heterocycles. The van der Waals surface area contributed by atoms with Crippen LogP contribution in [0.4, 0.5) is 0 Å². The van der Waals surface area contributed by atoms with Crippen molar-refractivity contribution < 1.29 is 0 Å². The number of benzene rings is 1. The van der Waals surface area contributed by atoms with Gasteiger partial charge < -0.3 is 4.57 Å². The second-order valence-corrected chi connectivity index (χ2v) is 4.13. The molecular weight excluding hydrogens is 196 g/mol. The Morgan fingerprint density at radius 1 is 1.12 bits per heavy atom. The van der Waals surface area contributed by atoms with Crippen LogP contribution in [0.25, 0.3) is 10.9 Å². The van der Waals surface area contributed by atoms with Crippen molar-refractivity contribution in [1.82, 2.24) is 9.47 Å². The normalized spacial score (nSPS) is 13.5. The van der Waals surface area contributed by atoms with E-state index in [9.17, 15) is 0 Å². The van der Waals surface area contributed by atoms with E-state index >= 15 is 0 Å². The molecule has 2 nitrogen and oxygen atoms in total. The first-order chi connectivity index (χ1) is 7.77. The minimum atomic E-state index is 0.426.